The molecule has 0 bridgehead atoms. The number of ether oxygens (including phenoxy) is 1. The van der Waals surface area contributed by atoms with Gasteiger partial charge in [0.15, 0.2) is 0 Å². The summed E-state index contributed by atoms with van der Waals surface area (Å²) in [6, 6.07) is 10.8. The molecule has 0 saturated heterocycles. The SMILES string of the molecule is CCOC(=O)C[C@@H](/C=C/CCCCc1ccc2c(n1)NCCC2)c1cccc(F)c1. The van der Waals surface area contributed by atoms with Crippen LogP contribution in [-0.2, 0) is 22.4 Å². The van der Waals surface area contributed by atoms with Crippen molar-refractivity contribution in [2.24, 2.45) is 0 Å². The fraction of sp³-hybridized carbons (Fsp3) is 0.440. The van der Waals surface area contributed by atoms with Gasteiger partial charge < -0.3 is 10.1 Å². The molecule has 1 aromatic carbocycles. The van der Waals surface area contributed by atoms with Crippen molar-refractivity contribution in [3.63, 3.8) is 0 Å². The van der Waals surface area contributed by atoms with Crippen LogP contribution in [0.25, 0.3) is 0 Å². The van der Waals surface area contributed by atoms with Crippen LogP contribution >= 0.6 is 0 Å². The van der Waals surface area contributed by atoms with E-state index in [9.17, 15) is 9.18 Å². The predicted molar refractivity (Wildman–Crippen MR) is 118 cm³/mol. The molecule has 3 rings (SSSR count). The van der Waals surface area contributed by atoms with Crippen LogP contribution in [0.1, 0.15) is 61.8 Å². The van der Waals surface area contributed by atoms with E-state index in [0.29, 0.717) is 6.61 Å². The minimum atomic E-state index is -0.290. The van der Waals surface area contributed by atoms with Crippen molar-refractivity contribution in [1.82, 2.24) is 4.98 Å². The highest BCUT2D eigenvalue weighted by atomic mass is 19.1. The van der Waals surface area contributed by atoms with Gasteiger partial charge in [0.1, 0.15) is 11.6 Å². The van der Waals surface area contributed by atoms with E-state index in [0.717, 1.165) is 55.7 Å². The summed E-state index contributed by atoms with van der Waals surface area (Å²) in [7, 11) is 0. The first kappa shape index (κ1) is 22.0. The lowest BCUT2D eigenvalue weighted by Crippen LogP contribution is -2.13. The molecule has 0 fully saturated rings. The number of pyridine rings is 1. The summed E-state index contributed by atoms with van der Waals surface area (Å²) in [5, 5.41) is 3.38. The van der Waals surface area contributed by atoms with Gasteiger partial charge >= 0.3 is 5.97 Å². The largest absolute Gasteiger partial charge is 0.466 e. The molecule has 1 aliphatic heterocycles. The van der Waals surface area contributed by atoms with Crippen LogP contribution in [0.4, 0.5) is 10.2 Å². The van der Waals surface area contributed by atoms with Crippen molar-refractivity contribution < 1.29 is 13.9 Å². The number of fused-ring (bicyclic) bond motifs is 1. The molecule has 0 radical (unpaired) electrons. The molecule has 1 N–H and O–H groups in total. The molecule has 0 amide bonds. The van der Waals surface area contributed by atoms with Gasteiger partial charge in [-0.25, -0.2) is 9.37 Å². The fourth-order valence-corrected chi connectivity index (χ4v) is 3.77. The second-order valence-corrected chi connectivity index (χ2v) is 7.69. The van der Waals surface area contributed by atoms with E-state index in [-0.39, 0.29) is 24.1 Å². The summed E-state index contributed by atoms with van der Waals surface area (Å²) in [4.78, 5) is 16.7. The van der Waals surface area contributed by atoms with Crippen LogP contribution < -0.4 is 5.32 Å². The van der Waals surface area contributed by atoms with E-state index in [1.165, 1.54) is 24.1 Å². The zero-order valence-corrected chi connectivity index (χ0v) is 17.7. The Morgan fingerprint density at radius 3 is 3.03 bits per heavy atom. The number of carbonyl (C=O) groups excluding carboxylic acids is 1. The minimum absolute atomic E-state index is 0.173. The average molecular weight is 411 g/mol. The molecule has 1 atom stereocenters. The monoisotopic (exact) mass is 410 g/mol. The normalized spacial score (nSPS) is 14.2. The highest BCUT2D eigenvalue weighted by Crippen LogP contribution is 2.24. The Morgan fingerprint density at radius 2 is 2.20 bits per heavy atom. The topological polar surface area (TPSA) is 51.2 Å². The third kappa shape index (κ3) is 6.68. The molecular formula is C25H31FN2O2. The first-order valence-electron chi connectivity index (χ1n) is 11.0. The highest BCUT2D eigenvalue weighted by molar-refractivity contribution is 5.71. The van der Waals surface area contributed by atoms with Gasteiger partial charge in [0.25, 0.3) is 0 Å². The number of carbonyl (C=O) groups is 1. The zero-order valence-electron chi connectivity index (χ0n) is 17.7. The number of nitrogens with zero attached hydrogens (tertiary/aromatic N) is 1. The highest BCUT2D eigenvalue weighted by Gasteiger charge is 2.15. The molecule has 1 aliphatic rings. The second kappa shape index (κ2) is 11.5. The molecule has 0 spiro atoms. The lowest BCUT2D eigenvalue weighted by molar-refractivity contribution is -0.143. The lowest BCUT2D eigenvalue weighted by Gasteiger charge is -2.17. The van der Waals surface area contributed by atoms with Gasteiger partial charge in [-0.3, -0.25) is 4.79 Å². The van der Waals surface area contributed by atoms with Crippen molar-refractivity contribution in [3.8, 4) is 0 Å². The number of nitrogens with one attached hydrogen (secondary N) is 1. The summed E-state index contributed by atoms with van der Waals surface area (Å²) in [5.41, 5.74) is 3.25. The van der Waals surface area contributed by atoms with Gasteiger partial charge in [-0.1, -0.05) is 30.4 Å². The summed E-state index contributed by atoms with van der Waals surface area (Å²) in [6.45, 7) is 3.15. The Balaban J connectivity index is 1.49. The van der Waals surface area contributed by atoms with E-state index in [1.807, 2.05) is 12.1 Å². The van der Waals surface area contributed by atoms with Crippen LogP contribution in [-0.4, -0.2) is 24.1 Å². The Morgan fingerprint density at radius 1 is 1.30 bits per heavy atom. The van der Waals surface area contributed by atoms with Gasteiger partial charge in [0.05, 0.1) is 13.0 Å². The number of anilines is 1. The van der Waals surface area contributed by atoms with E-state index >= 15 is 0 Å². The molecule has 4 nitrogen and oxygen atoms in total. The smallest absolute Gasteiger partial charge is 0.306 e. The van der Waals surface area contributed by atoms with Crippen LogP contribution in [0, 0.1) is 5.82 Å². The average Bonchev–Trinajstić information content (AvgIpc) is 2.75. The number of aromatic nitrogens is 1. The summed E-state index contributed by atoms with van der Waals surface area (Å²) < 4.78 is 18.7. The van der Waals surface area contributed by atoms with Gasteiger partial charge in [-0.2, -0.15) is 0 Å². The van der Waals surface area contributed by atoms with Crippen LogP contribution in [0.5, 0.6) is 0 Å². The van der Waals surface area contributed by atoms with Crippen molar-refractivity contribution in [2.45, 2.75) is 57.8 Å². The van der Waals surface area contributed by atoms with Gasteiger partial charge in [0, 0.05) is 18.2 Å². The number of hydrogen-bond donors (Lipinski definition) is 1. The molecule has 0 saturated carbocycles. The third-order valence-electron chi connectivity index (χ3n) is 5.34. The quantitative estimate of drug-likeness (QED) is 0.315. The van der Waals surface area contributed by atoms with Crippen LogP contribution in [0.2, 0.25) is 0 Å². The van der Waals surface area contributed by atoms with E-state index in [1.54, 1.807) is 13.0 Å². The van der Waals surface area contributed by atoms with Crippen molar-refractivity contribution in [1.29, 1.82) is 0 Å². The maximum atomic E-state index is 13.6. The van der Waals surface area contributed by atoms with E-state index in [4.69, 9.17) is 9.72 Å². The van der Waals surface area contributed by atoms with E-state index < -0.39 is 0 Å². The first-order valence-corrected chi connectivity index (χ1v) is 11.0. The molecule has 160 valence electrons. The Labute approximate surface area is 178 Å². The second-order valence-electron chi connectivity index (χ2n) is 7.69. The lowest BCUT2D eigenvalue weighted by atomic mass is 9.94. The summed E-state index contributed by atoms with van der Waals surface area (Å²) in [6.07, 6.45) is 10.6. The zero-order chi connectivity index (χ0) is 21.2. The standard InChI is InChI=1S/C25H31FN2O2/c1-2-30-24(29)18-21(20-10-7-12-22(26)17-20)9-5-3-4-6-13-23-15-14-19-11-8-16-27-25(19)28-23/h5,7,9-10,12,14-15,17,21H,2-4,6,8,11,13,16,18H2,1H3,(H,27,28)/b9-5+/t21-/m1/s1. The number of aryl methyl sites for hydroxylation is 2. The number of esters is 1. The Hall–Kier alpha value is -2.69. The third-order valence-corrected chi connectivity index (χ3v) is 5.34. The fourth-order valence-electron chi connectivity index (χ4n) is 3.77. The van der Waals surface area contributed by atoms with Gasteiger partial charge in [-0.15, -0.1) is 0 Å². The first-order chi connectivity index (χ1) is 14.7. The number of benzene rings is 1. The number of hydrogen-bond acceptors (Lipinski definition) is 4. The Kier molecular flexibility index (Phi) is 8.42. The van der Waals surface area contributed by atoms with Crippen molar-refractivity contribution >= 4 is 11.8 Å². The molecule has 2 heterocycles. The summed E-state index contributed by atoms with van der Waals surface area (Å²) in [5.74, 6) is 0.328. The summed E-state index contributed by atoms with van der Waals surface area (Å²) >= 11 is 0. The van der Waals surface area contributed by atoms with Gasteiger partial charge in [-0.05, 0) is 74.8 Å². The predicted octanol–water partition coefficient (Wildman–Crippen LogP) is 5.58. The van der Waals surface area contributed by atoms with E-state index in [2.05, 4.69) is 23.5 Å². The molecule has 0 unspecified atom stereocenters. The number of rotatable bonds is 10. The van der Waals surface area contributed by atoms with Gasteiger partial charge in [0.2, 0.25) is 0 Å². The van der Waals surface area contributed by atoms with Crippen LogP contribution in [0.3, 0.4) is 0 Å². The molecule has 1 aromatic heterocycles. The minimum Gasteiger partial charge on any atom is -0.466 e. The molecule has 2 aromatic rings. The van der Waals surface area contributed by atoms with Crippen LogP contribution in [0.15, 0.2) is 48.6 Å². The molecular weight excluding hydrogens is 379 g/mol. The molecule has 30 heavy (non-hydrogen) atoms. The Bertz CT molecular complexity index is 866. The number of allylic oxidation sites excluding steroid dienone is 2. The molecule has 5 heteroatoms. The maximum Gasteiger partial charge on any atom is 0.306 e. The number of unbranched alkanes of at least 4 members (excludes halogenated alkanes) is 2. The molecule has 0 aliphatic carbocycles. The maximum absolute atomic E-state index is 13.6. The number of halogens is 1. The van der Waals surface area contributed by atoms with Crippen molar-refractivity contribution in [2.75, 3.05) is 18.5 Å². The van der Waals surface area contributed by atoms with Crippen molar-refractivity contribution in [3.05, 3.63) is 71.2 Å².